The zero-order chi connectivity index (χ0) is 13.9. The van der Waals surface area contributed by atoms with Gasteiger partial charge in [0, 0.05) is 29.1 Å². The van der Waals surface area contributed by atoms with Gasteiger partial charge in [0.05, 0.1) is 11.1 Å². The van der Waals surface area contributed by atoms with Crippen LogP contribution in [0.3, 0.4) is 0 Å². The van der Waals surface area contributed by atoms with Crippen LogP contribution in [-0.2, 0) is 11.2 Å². The van der Waals surface area contributed by atoms with Crippen LogP contribution >= 0.6 is 27.5 Å². The molecule has 0 atom stereocenters. The Morgan fingerprint density at radius 1 is 1.50 bits per heavy atom. The summed E-state index contributed by atoms with van der Waals surface area (Å²) in [5.41, 5.74) is 1.79. The van der Waals surface area contributed by atoms with Gasteiger partial charge in [0.1, 0.15) is 5.75 Å². The summed E-state index contributed by atoms with van der Waals surface area (Å²) in [5.74, 6) is 1.06. The Morgan fingerprint density at radius 3 is 3.20 bits per heavy atom. The van der Waals surface area contributed by atoms with Crippen molar-refractivity contribution in [3.05, 3.63) is 33.6 Å². The molecular formula is C13H11BrN2O3S. The van der Waals surface area contributed by atoms with Gasteiger partial charge in [-0.25, -0.2) is 0 Å². The molecule has 2 heterocycles. The summed E-state index contributed by atoms with van der Waals surface area (Å²) >= 11 is 4.72. The fourth-order valence-corrected chi connectivity index (χ4v) is 2.92. The number of halogens is 1. The molecule has 1 amide bonds. The Balaban J connectivity index is 1.66. The number of hydrogen-bond donors (Lipinski definition) is 1. The predicted octanol–water partition coefficient (Wildman–Crippen LogP) is 2.86. The second kappa shape index (κ2) is 5.80. The maximum absolute atomic E-state index is 11.9. The normalized spacial score (nSPS) is 12.7. The molecule has 0 spiro atoms. The van der Waals surface area contributed by atoms with Crippen molar-refractivity contribution in [2.24, 2.45) is 0 Å². The molecule has 0 fully saturated rings. The molecule has 0 aliphatic carbocycles. The maximum Gasteiger partial charge on any atom is 0.262 e. The van der Waals surface area contributed by atoms with Crippen molar-refractivity contribution in [1.29, 1.82) is 0 Å². The van der Waals surface area contributed by atoms with Gasteiger partial charge in [0.15, 0.2) is 6.61 Å². The highest BCUT2D eigenvalue weighted by Gasteiger charge is 2.20. The molecule has 0 saturated carbocycles. The van der Waals surface area contributed by atoms with Gasteiger partial charge >= 0.3 is 0 Å². The molecule has 0 saturated heterocycles. The number of nitrogens with one attached hydrogen (secondary N) is 1. The lowest BCUT2D eigenvalue weighted by Gasteiger charge is -2.10. The Kier molecular flexibility index (Phi) is 3.88. The van der Waals surface area contributed by atoms with E-state index in [-0.39, 0.29) is 12.5 Å². The van der Waals surface area contributed by atoms with Crippen molar-refractivity contribution in [3.63, 3.8) is 0 Å². The van der Waals surface area contributed by atoms with E-state index in [1.807, 2.05) is 12.1 Å². The van der Waals surface area contributed by atoms with E-state index in [9.17, 15) is 4.79 Å². The van der Waals surface area contributed by atoms with Gasteiger partial charge in [0.25, 0.3) is 5.91 Å². The van der Waals surface area contributed by atoms with Gasteiger partial charge in [-0.15, -0.1) is 0 Å². The molecule has 5 nitrogen and oxygen atoms in total. The molecule has 1 aliphatic rings. The summed E-state index contributed by atoms with van der Waals surface area (Å²) in [7, 11) is 0. The van der Waals surface area contributed by atoms with Gasteiger partial charge in [-0.05, 0) is 39.6 Å². The number of fused-ring (bicyclic) bond motifs is 1. The van der Waals surface area contributed by atoms with E-state index in [1.165, 1.54) is 11.5 Å². The van der Waals surface area contributed by atoms with E-state index in [0.29, 0.717) is 12.5 Å². The topological polar surface area (TPSA) is 60.5 Å². The lowest BCUT2D eigenvalue weighted by atomic mass is 10.1. The van der Waals surface area contributed by atoms with Crippen molar-refractivity contribution in [2.45, 2.75) is 6.42 Å². The first kappa shape index (κ1) is 13.4. The van der Waals surface area contributed by atoms with Gasteiger partial charge in [-0.1, -0.05) is 0 Å². The highest BCUT2D eigenvalue weighted by atomic mass is 79.9. The first-order chi connectivity index (χ1) is 9.74. The third-order valence-corrected chi connectivity index (χ3v) is 4.02. The Bertz CT molecular complexity index is 631. The number of hydrogen-bond acceptors (Lipinski definition) is 5. The largest absolute Gasteiger partial charge is 0.492 e. The van der Waals surface area contributed by atoms with Gasteiger partial charge in [-0.3, -0.25) is 4.79 Å². The zero-order valence-corrected chi connectivity index (χ0v) is 12.8. The first-order valence-electron chi connectivity index (χ1n) is 6.01. The molecule has 104 valence electrons. The minimum Gasteiger partial charge on any atom is -0.492 e. The van der Waals surface area contributed by atoms with Crippen LogP contribution in [0, 0.1) is 0 Å². The lowest BCUT2D eigenvalue weighted by molar-refractivity contribution is -0.118. The summed E-state index contributed by atoms with van der Waals surface area (Å²) < 4.78 is 15.7. The van der Waals surface area contributed by atoms with Crippen LogP contribution in [-0.4, -0.2) is 23.5 Å². The third-order valence-electron chi connectivity index (χ3n) is 2.85. The number of ether oxygens (including phenoxy) is 2. The lowest BCUT2D eigenvalue weighted by Crippen LogP contribution is -2.20. The first-order valence-corrected chi connectivity index (χ1v) is 7.64. The zero-order valence-electron chi connectivity index (χ0n) is 10.4. The molecule has 7 heteroatoms. The van der Waals surface area contributed by atoms with Crippen LogP contribution in [0.2, 0.25) is 0 Å². The van der Waals surface area contributed by atoms with E-state index in [1.54, 1.807) is 11.4 Å². The molecule has 2 aromatic rings. The second-order valence-electron chi connectivity index (χ2n) is 4.18. The third kappa shape index (κ3) is 2.78. The summed E-state index contributed by atoms with van der Waals surface area (Å²) in [6, 6.07) is 5.45. The van der Waals surface area contributed by atoms with E-state index in [2.05, 4.69) is 25.6 Å². The minimum absolute atomic E-state index is 0.0601. The van der Waals surface area contributed by atoms with Crippen molar-refractivity contribution >= 4 is 39.1 Å². The van der Waals surface area contributed by atoms with Crippen LogP contribution in [0.1, 0.15) is 5.56 Å². The predicted molar refractivity (Wildman–Crippen MR) is 79.6 cm³/mol. The molecule has 20 heavy (non-hydrogen) atoms. The van der Waals surface area contributed by atoms with E-state index >= 15 is 0 Å². The average Bonchev–Trinajstić information content (AvgIpc) is 3.10. The van der Waals surface area contributed by atoms with Gasteiger partial charge < -0.3 is 14.8 Å². The highest BCUT2D eigenvalue weighted by molar-refractivity contribution is 9.10. The van der Waals surface area contributed by atoms with Crippen LogP contribution in [0.5, 0.6) is 11.6 Å². The summed E-state index contributed by atoms with van der Waals surface area (Å²) in [4.78, 5) is 11.9. The van der Waals surface area contributed by atoms with E-state index in [0.717, 1.165) is 27.9 Å². The number of benzene rings is 1. The molecule has 1 aromatic carbocycles. The van der Waals surface area contributed by atoms with Crippen molar-refractivity contribution in [3.8, 4) is 11.6 Å². The van der Waals surface area contributed by atoms with Crippen LogP contribution in [0.4, 0.5) is 5.69 Å². The van der Waals surface area contributed by atoms with Crippen LogP contribution in [0.15, 0.2) is 28.1 Å². The van der Waals surface area contributed by atoms with Crippen LogP contribution in [0.25, 0.3) is 0 Å². The summed E-state index contributed by atoms with van der Waals surface area (Å²) in [6.07, 6.45) is 0.789. The fraction of sp³-hybridized carbons (Fsp3) is 0.231. The van der Waals surface area contributed by atoms with E-state index < -0.39 is 0 Å². The highest BCUT2D eigenvalue weighted by Crippen LogP contribution is 2.38. The number of rotatable bonds is 4. The number of anilines is 1. The summed E-state index contributed by atoms with van der Waals surface area (Å²) in [6.45, 7) is 0.575. The number of aromatic nitrogens is 1. The SMILES string of the molecule is O=C(COc1ccsn1)Nc1ccc(Br)c2c1CCO2. The molecule has 1 aromatic heterocycles. The van der Waals surface area contributed by atoms with Crippen molar-refractivity contribution < 1.29 is 14.3 Å². The number of carbonyl (C=O) groups is 1. The smallest absolute Gasteiger partial charge is 0.262 e. The molecule has 0 radical (unpaired) electrons. The minimum atomic E-state index is -0.213. The second-order valence-corrected chi connectivity index (χ2v) is 5.70. The Labute approximate surface area is 128 Å². The number of carbonyl (C=O) groups excluding carboxylic acids is 1. The molecule has 3 rings (SSSR count). The standard InChI is InChI=1S/C13H11BrN2O3S/c14-9-1-2-10(8-3-5-18-13(8)9)15-11(17)7-19-12-4-6-20-16-12/h1-2,4,6H,3,5,7H2,(H,15,17). The molecule has 0 unspecified atom stereocenters. The van der Waals surface area contributed by atoms with Crippen LogP contribution < -0.4 is 14.8 Å². The number of amides is 1. The quantitative estimate of drug-likeness (QED) is 0.916. The van der Waals surface area contributed by atoms with Crippen molar-refractivity contribution in [1.82, 2.24) is 4.37 Å². The van der Waals surface area contributed by atoms with Gasteiger partial charge in [0.2, 0.25) is 5.88 Å². The monoisotopic (exact) mass is 354 g/mol. The van der Waals surface area contributed by atoms with Gasteiger partial charge in [-0.2, -0.15) is 4.37 Å². The maximum atomic E-state index is 11.9. The molecular weight excluding hydrogens is 344 g/mol. The fourth-order valence-electron chi connectivity index (χ4n) is 1.98. The molecule has 1 N–H and O–H groups in total. The number of nitrogens with zero attached hydrogens (tertiary/aromatic N) is 1. The Hall–Kier alpha value is -1.60. The van der Waals surface area contributed by atoms with Crippen molar-refractivity contribution in [2.75, 3.05) is 18.5 Å². The molecule has 1 aliphatic heterocycles. The Morgan fingerprint density at radius 2 is 2.40 bits per heavy atom. The average molecular weight is 355 g/mol. The summed E-state index contributed by atoms with van der Waals surface area (Å²) in [5, 5.41) is 4.64. The van der Waals surface area contributed by atoms with E-state index in [4.69, 9.17) is 9.47 Å². The molecule has 0 bridgehead atoms.